The highest BCUT2D eigenvalue weighted by molar-refractivity contribution is 9.10. The van der Waals surface area contributed by atoms with Crippen molar-refractivity contribution >= 4 is 33.6 Å². The zero-order valence-electron chi connectivity index (χ0n) is 15.5. The van der Waals surface area contributed by atoms with Crippen LogP contribution in [0.5, 0.6) is 0 Å². The van der Waals surface area contributed by atoms with Crippen molar-refractivity contribution in [3.63, 3.8) is 0 Å². The van der Waals surface area contributed by atoms with Crippen LogP contribution in [0, 0.1) is 0 Å². The smallest absolute Gasteiger partial charge is 0.254 e. The molecular weight excluding hydrogens is 428 g/mol. The van der Waals surface area contributed by atoms with Crippen LogP contribution in [0.2, 0.25) is 0 Å². The van der Waals surface area contributed by atoms with Gasteiger partial charge in [-0.05, 0) is 24.6 Å². The zero-order chi connectivity index (χ0) is 19.8. The van der Waals surface area contributed by atoms with E-state index >= 15 is 0 Å². The number of benzene rings is 1. The molecule has 1 fully saturated rings. The molecule has 2 amide bonds. The predicted octanol–water partition coefficient (Wildman–Crippen LogP) is 2.24. The molecule has 150 valence electrons. The summed E-state index contributed by atoms with van der Waals surface area (Å²) in [4.78, 5) is 29.2. The summed E-state index contributed by atoms with van der Waals surface area (Å²) in [5.74, 6) is -0.171. The van der Waals surface area contributed by atoms with Crippen molar-refractivity contribution in [1.29, 1.82) is 0 Å². The Morgan fingerprint density at radius 1 is 1.25 bits per heavy atom. The van der Waals surface area contributed by atoms with Gasteiger partial charge in [-0.25, -0.2) is 0 Å². The lowest BCUT2D eigenvalue weighted by molar-refractivity contribution is -0.117. The molecule has 9 heteroatoms. The molecule has 0 radical (unpaired) electrons. The molecular formula is C19H23BrN4O4. The summed E-state index contributed by atoms with van der Waals surface area (Å²) < 4.78 is 10.9. The number of halogens is 1. The maximum absolute atomic E-state index is 13.0. The molecule has 2 heterocycles. The fourth-order valence-corrected chi connectivity index (χ4v) is 3.40. The third-order valence-electron chi connectivity index (χ3n) is 4.40. The molecule has 2 aromatic rings. The first-order valence-electron chi connectivity index (χ1n) is 9.17. The SMILES string of the molecule is O=C(CN(CCCN1CCOCC1)C(=O)c1cccc(Br)c1)Nc1ccon1. The van der Waals surface area contributed by atoms with Crippen LogP contribution < -0.4 is 5.32 Å². The van der Waals surface area contributed by atoms with Gasteiger partial charge in [0.25, 0.3) is 5.91 Å². The van der Waals surface area contributed by atoms with E-state index in [2.05, 4.69) is 31.3 Å². The van der Waals surface area contributed by atoms with Gasteiger partial charge < -0.3 is 19.5 Å². The summed E-state index contributed by atoms with van der Waals surface area (Å²) in [6, 6.07) is 8.72. The fourth-order valence-electron chi connectivity index (χ4n) is 3.00. The van der Waals surface area contributed by atoms with Crippen molar-refractivity contribution in [3.8, 4) is 0 Å². The van der Waals surface area contributed by atoms with Gasteiger partial charge in [-0.15, -0.1) is 0 Å². The first kappa shape index (κ1) is 20.5. The monoisotopic (exact) mass is 450 g/mol. The predicted molar refractivity (Wildman–Crippen MR) is 107 cm³/mol. The van der Waals surface area contributed by atoms with Crippen LogP contribution in [0.4, 0.5) is 5.82 Å². The molecule has 1 aliphatic heterocycles. The summed E-state index contributed by atoms with van der Waals surface area (Å²) in [6.07, 6.45) is 2.15. The number of aromatic nitrogens is 1. The average Bonchev–Trinajstić information content (AvgIpc) is 3.20. The van der Waals surface area contributed by atoms with E-state index in [9.17, 15) is 9.59 Å². The van der Waals surface area contributed by atoms with Gasteiger partial charge in [0.05, 0.1) is 13.2 Å². The lowest BCUT2D eigenvalue weighted by atomic mass is 10.2. The number of hydrogen-bond donors (Lipinski definition) is 1. The number of anilines is 1. The molecule has 28 heavy (non-hydrogen) atoms. The highest BCUT2D eigenvalue weighted by Crippen LogP contribution is 2.14. The van der Waals surface area contributed by atoms with Crippen molar-refractivity contribution in [2.24, 2.45) is 0 Å². The Kier molecular flexibility index (Phi) is 7.58. The van der Waals surface area contributed by atoms with E-state index in [1.807, 2.05) is 6.07 Å². The van der Waals surface area contributed by atoms with Gasteiger partial charge >= 0.3 is 0 Å². The summed E-state index contributed by atoms with van der Waals surface area (Å²) in [5.41, 5.74) is 0.537. The summed E-state index contributed by atoms with van der Waals surface area (Å²) in [7, 11) is 0. The van der Waals surface area contributed by atoms with Gasteiger partial charge in [-0.2, -0.15) is 0 Å². The van der Waals surface area contributed by atoms with E-state index in [-0.39, 0.29) is 18.4 Å². The topological polar surface area (TPSA) is 87.9 Å². The third kappa shape index (κ3) is 6.15. The first-order valence-corrected chi connectivity index (χ1v) is 9.96. The van der Waals surface area contributed by atoms with Crippen LogP contribution in [0.1, 0.15) is 16.8 Å². The summed E-state index contributed by atoms with van der Waals surface area (Å²) >= 11 is 3.39. The molecule has 0 aliphatic carbocycles. The average molecular weight is 451 g/mol. The number of ether oxygens (including phenoxy) is 1. The van der Waals surface area contributed by atoms with E-state index in [1.54, 1.807) is 29.2 Å². The van der Waals surface area contributed by atoms with Crippen LogP contribution in [-0.2, 0) is 9.53 Å². The largest absolute Gasteiger partial charge is 0.379 e. The molecule has 0 saturated carbocycles. The van der Waals surface area contributed by atoms with Gasteiger partial charge in [-0.3, -0.25) is 14.5 Å². The maximum Gasteiger partial charge on any atom is 0.254 e. The lowest BCUT2D eigenvalue weighted by Crippen LogP contribution is -2.41. The molecule has 0 atom stereocenters. The number of hydrogen-bond acceptors (Lipinski definition) is 6. The Balaban J connectivity index is 1.61. The van der Waals surface area contributed by atoms with Gasteiger partial charge in [0, 0.05) is 42.3 Å². The number of rotatable bonds is 8. The lowest BCUT2D eigenvalue weighted by Gasteiger charge is -2.28. The summed E-state index contributed by atoms with van der Waals surface area (Å²) in [5, 5.41) is 6.30. The number of morpholine rings is 1. The van der Waals surface area contributed by atoms with E-state index < -0.39 is 0 Å². The first-order chi connectivity index (χ1) is 13.6. The van der Waals surface area contributed by atoms with Crippen LogP contribution >= 0.6 is 15.9 Å². The second-order valence-electron chi connectivity index (χ2n) is 6.48. The molecule has 3 rings (SSSR count). The van der Waals surface area contributed by atoms with Gasteiger partial charge in [0.15, 0.2) is 5.82 Å². The Hall–Kier alpha value is -2.23. The number of carbonyl (C=O) groups is 2. The molecule has 8 nitrogen and oxygen atoms in total. The fraction of sp³-hybridized carbons (Fsp3) is 0.421. The molecule has 1 N–H and O–H groups in total. The second-order valence-corrected chi connectivity index (χ2v) is 7.39. The molecule has 0 unspecified atom stereocenters. The van der Waals surface area contributed by atoms with Crippen LogP contribution in [-0.4, -0.2) is 72.7 Å². The van der Waals surface area contributed by atoms with Crippen LogP contribution in [0.15, 0.2) is 45.6 Å². The molecule has 1 saturated heterocycles. The van der Waals surface area contributed by atoms with Crippen LogP contribution in [0.25, 0.3) is 0 Å². The van der Waals surface area contributed by atoms with Gasteiger partial charge in [0.2, 0.25) is 5.91 Å². The van der Waals surface area contributed by atoms with Crippen molar-refractivity contribution in [3.05, 3.63) is 46.6 Å². The van der Waals surface area contributed by atoms with Crippen molar-refractivity contribution < 1.29 is 18.8 Å². The standard InChI is InChI=1S/C19H23BrN4O4/c20-16-4-1-3-15(13-16)19(26)24(7-2-6-23-8-11-27-12-9-23)14-18(25)21-17-5-10-28-22-17/h1,3-5,10,13H,2,6-9,11-12,14H2,(H,21,22,25). The van der Waals surface area contributed by atoms with Crippen molar-refractivity contribution in [1.82, 2.24) is 15.0 Å². The Bertz CT molecular complexity index is 778. The van der Waals surface area contributed by atoms with E-state index in [0.29, 0.717) is 17.9 Å². The Morgan fingerprint density at radius 3 is 2.79 bits per heavy atom. The van der Waals surface area contributed by atoms with E-state index in [4.69, 9.17) is 9.26 Å². The number of carbonyl (C=O) groups excluding carboxylic acids is 2. The van der Waals surface area contributed by atoms with Gasteiger partial charge in [0.1, 0.15) is 12.8 Å². The van der Waals surface area contributed by atoms with Crippen molar-refractivity contribution in [2.45, 2.75) is 6.42 Å². The normalized spacial score (nSPS) is 14.6. The van der Waals surface area contributed by atoms with Crippen molar-refractivity contribution in [2.75, 3.05) is 51.3 Å². The third-order valence-corrected chi connectivity index (χ3v) is 4.90. The number of nitrogens with one attached hydrogen (secondary N) is 1. The quantitative estimate of drug-likeness (QED) is 0.663. The van der Waals surface area contributed by atoms with Gasteiger partial charge in [-0.1, -0.05) is 27.2 Å². The minimum Gasteiger partial charge on any atom is -0.379 e. The van der Waals surface area contributed by atoms with Crippen LogP contribution in [0.3, 0.4) is 0 Å². The molecule has 1 aromatic carbocycles. The minimum atomic E-state index is -0.316. The highest BCUT2D eigenvalue weighted by Gasteiger charge is 2.20. The molecule has 0 bridgehead atoms. The van der Waals surface area contributed by atoms with E-state index in [1.165, 1.54) is 6.26 Å². The Labute approximate surface area is 171 Å². The minimum absolute atomic E-state index is 0.0542. The maximum atomic E-state index is 13.0. The zero-order valence-corrected chi connectivity index (χ0v) is 17.1. The number of nitrogens with zero attached hydrogens (tertiary/aromatic N) is 3. The second kappa shape index (κ2) is 10.4. The summed E-state index contributed by atoms with van der Waals surface area (Å²) in [6.45, 7) is 4.55. The number of amides is 2. The highest BCUT2D eigenvalue weighted by atomic mass is 79.9. The molecule has 1 aromatic heterocycles. The molecule has 0 spiro atoms. The Morgan fingerprint density at radius 2 is 2.07 bits per heavy atom. The van der Waals surface area contributed by atoms with E-state index in [0.717, 1.165) is 43.7 Å². The molecule has 1 aliphatic rings.